The molecule has 2 rings (SSSR count). The molecule has 130 valence electrons. The van der Waals surface area contributed by atoms with Crippen molar-refractivity contribution in [2.45, 2.75) is 13.2 Å². The molecule has 0 heterocycles. The molecular formula is C17H14F2N2O4. The van der Waals surface area contributed by atoms with E-state index in [4.69, 9.17) is 0 Å². The number of nitro groups is 1. The van der Waals surface area contributed by atoms with Crippen LogP contribution in [0.5, 0.6) is 5.75 Å². The fourth-order valence-electron chi connectivity index (χ4n) is 2.02. The Balaban J connectivity index is 1.97. The summed E-state index contributed by atoms with van der Waals surface area (Å²) in [5, 5.41) is 13.2. The Bertz CT molecular complexity index is 794. The molecule has 2 aromatic carbocycles. The minimum atomic E-state index is -2.95. The highest BCUT2D eigenvalue weighted by Gasteiger charge is 2.09. The summed E-state index contributed by atoms with van der Waals surface area (Å²) in [6.45, 7) is -2.95. The molecule has 0 atom stereocenters. The van der Waals surface area contributed by atoms with Crippen molar-refractivity contribution in [3.63, 3.8) is 0 Å². The van der Waals surface area contributed by atoms with Crippen LogP contribution in [0.1, 0.15) is 11.1 Å². The Kier molecular flexibility index (Phi) is 6.16. The summed E-state index contributed by atoms with van der Waals surface area (Å²) in [7, 11) is 0. The molecule has 0 aromatic heterocycles. The van der Waals surface area contributed by atoms with E-state index in [0.717, 1.165) is 0 Å². The first kappa shape index (κ1) is 18.1. The number of ether oxygens (including phenoxy) is 1. The van der Waals surface area contributed by atoms with Crippen LogP contribution in [0.25, 0.3) is 6.08 Å². The van der Waals surface area contributed by atoms with Gasteiger partial charge in [-0.2, -0.15) is 8.78 Å². The van der Waals surface area contributed by atoms with Crippen molar-refractivity contribution in [2.24, 2.45) is 0 Å². The van der Waals surface area contributed by atoms with E-state index in [1.807, 2.05) is 0 Å². The topological polar surface area (TPSA) is 81.5 Å². The summed E-state index contributed by atoms with van der Waals surface area (Å²) < 4.78 is 29.0. The van der Waals surface area contributed by atoms with Crippen LogP contribution in [-0.2, 0) is 11.3 Å². The Hall–Kier alpha value is -3.29. The van der Waals surface area contributed by atoms with Gasteiger partial charge in [0.2, 0.25) is 5.91 Å². The van der Waals surface area contributed by atoms with Gasteiger partial charge in [0.05, 0.1) is 4.92 Å². The van der Waals surface area contributed by atoms with Crippen LogP contribution in [-0.4, -0.2) is 17.4 Å². The highest BCUT2D eigenvalue weighted by Crippen LogP contribution is 2.20. The van der Waals surface area contributed by atoms with Gasteiger partial charge in [-0.1, -0.05) is 30.3 Å². The third kappa shape index (κ3) is 5.69. The summed E-state index contributed by atoms with van der Waals surface area (Å²) in [6.07, 6.45) is 2.62. The maximum atomic E-state index is 12.3. The summed E-state index contributed by atoms with van der Waals surface area (Å²) in [6, 6.07) is 11.9. The summed E-state index contributed by atoms with van der Waals surface area (Å²) in [5.74, 6) is -0.487. The Labute approximate surface area is 141 Å². The van der Waals surface area contributed by atoms with E-state index >= 15 is 0 Å². The number of nitrogens with zero attached hydrogens (tertiary/aromatic N) is 1. The van der Waals surface area contributed by atoms with Crippen molar-refractivity contribution < 1.29 is 23.2 Å². The molecule has 0 aliphatic heterocycles. The smallest absolute Gasteiger partial charge is 0.387 e. The first-order valence-electron chi connectivity index (χ1n) is 7.19. The van der Waals surface area contributed by atoms with Gasteiger partial charge in [0.1, 0.15) is 5.75 Å². The van der Waals surface area contributed by atoms with Gasteiger partial charge in [0, 0.05) is 30.3 Å². The number of non-ortho nitro benzene ring substituents is 1. The number of amides is 1. The second-order valence-electron chi connectivity index (χ2n) is 4.89. The number of halogens is 2. The molecule has 0 unspecified atom stereocenters. The van der Waals surface area contributed by atoms with E-state index in [9.17, 15) is 23.7 Å². The largest absolute Gasteiger partial charge is 0.434 e. The van der Waals surface area contributed by atoms with Crippen LogP contribution in [0.15, 0.2) is 54.6 Å². The van der Waals surface area contributed by atoms with E-state index < -0.39 is 17.4 Å². The van der Waals surface area contributed by atoms with Gasteiger partial charge in [-0.25, -0.2) is 0 Å². The van der Waals surface area contributed by atoms with Crippen molar-refractivity contribution in [3.8, 4) is 5.75 Å². The minimum absolute atomic E-state index is 0.000996. The molecule has 1 N–H and O–H groups in total. The number of benzene rings is 2. The van der Waals surface area contributed by atoms with E-state index in [0.29, 0.717) is 11.1 Å². The Morgan fingerprint density at radius 3 is 2.72 bits per heavy atom. The van der Waals surface area contributed by atoms with Crippen molar-refractivity contribution in [1.29, 1.82) is 0 Å². The molecule has 25 heavy (non-hydrogen) atoms. The molecule has 0 spiro atoms. The lowest BCUT2D eigenvalue weighted by atomic mass is 10.2. The second kappa shape index (κ2) is 8.53. The van der Waals surface area contributed by atoms with Crippen LogP contribution in [0.4, 0.5) is 14.5 Å². The third-order valence-corrected chi connectivity index (χ3v) is 3.15. The zero-order valence-corrected chi connectivity index (χ0v) is 12.9. The zero-order valence-electron chi connectivity index (χ0n) is 12.9. The fraction of sp³-hybridized carbons (Fsp3) is 0.118. The first-order valence-corrected chi connectivity index (χ1v) is 7.19. The third-order valence-electron chi connectivity index (χ3n) is 3.15. The lowest BCUT2D eigenvalue weighted by molar-refractivity contribution is -0.384. The molecule has 0 aliphatic carbocycles. The van der Waals surface area contributed by atoms with Gasteiger partial charge in [-0.15, -0.1) is 0 Å². The highest BCUT2D eigenvalue weighted by molar-refractivity contribution is 5.91. The average Bonchev–Trinajstić information content (AvgIpc) is 2.59. The minimum Gasteiger partial charge on any atom is -0.434 e. The molecule has 0 saturated heterocycles. The maximum Gasteiger partial charge on any atom is 0.387 e. The first-order chi connectivity index (χ1) is 12.0. The van der Waals surface area contributed by atoms with Crippen molar-refractivity contribution in [2.75, 3.05) is 0 Å². The monoisotopic (exact) mass is 348 g/mol. The van der Waals surface area contributed by atoms with Gasteiger partial charge in [-0.05, 0) is 17.7 Å². The van der Waals surface area contributed by atoms with Gasteiger partial charge in [0.15, 0.2) is 0 Å². The van der Waals surface area contributed by atoms with Crippen molar-refractivity contribution >= 4 is 17.7 Å². The maximum absolute atomic E-state index is 12.3. The molecule has 6 nitrogen and oxygen atoms in total. The lowest BCUT2D eigenvalue weighted by Crippen LogP contribution is -2.21. The summed E-state index contributed by atoms with van der Waals surface area (Å²) in [4.78, 5) is 22.0. The van der Waals surface area contributed by atoms with E-state index in [2.05, 4.69) is 10.1 Å². The Morgan fingerprint density at radius 1 is 1.24 bits per heavy atom. The second-order valence-corrected chi connectivity index (χ2v) is 4.89. The molecular weight excluding hydrogens is 334 g/mol. The molecule has 0 fully saturated rings. The van der Waals surface area contributed by atoms with Crippen LogP contribution in [0, 0.1) is 10.1 Å². The van der Waals surface area contributed by atoms with Gasteiger partial charge in [0.25, 0.3) is 5.69 Å². The summed E-state index contributed by atoms with van der Waals surface area (Å²) >= 11 is 0. The van der Waals surface area contributed by atoms with E-state index in [1.165, 1.54) is 36.4 Å². The van der Waals surface area contributed by atoms with E-state index in [-0.39, 0.29) is 18.0 Å². The van der Waals surface area contributed by atoms with Gasteiger partial charge in [-0.3, -0.25) is 14.9 Å². The zero-order chi connectivity index (χ0) is 18.2. The number of nitro benzene ring substituents is 1. The number of carbonyl (C=O) groups excluding carboxylic acids is 1. The normalized spacial score (nSPS) is 10.8. The van der Waals surface area contributed by atoms with Crippen LogP contribution in [0.3, 0.4) is 0 Å². The van der Waals surface area contributed by atoms with Crippen LogP contribution >= 0.6 is 0 Å². The number of hydrogen-bond donors (Lipinski definition) is 1. The molecule has 0 aliphatic rings. The average molecular weight is 348 g/mol. The number of nitrogens with one attached hydrogen (secondary N) is 1. The molecule has 1 amide bonds. The number of carbonyl (C=O) groups is 1. The molecule has 0 radical (unpaired) electrons. The quantitative estimate of drug-likeness (QED) is 0.471. The predicted octanol–water partition coefficient (Wildman–Crippen LogP) is 3.53. The van der Waals surface area contributed by atoms with Crippen molar-refractivity contribution in [1.82, 2.24) is 5.32 Å². The fourth-order valence-corrected chi connectivity index (χ4v) is 2.02. The molecule has 0 bridgehead atoms. The summed E-state index contributed by atoms with van der Waals surface area (Å²) in [5.41, 5.74) is 0.811. The molecule has 8 heteroatoms. The predicted molar refractivity (Wildman–Crippen MR) is 87.1 cm³/mol. The van der Waals surface area contributed by atoms with Crippen LogP contribution in [0.2, 0.25) is 0 Å². The van der Waals surface area contributed by atoms with Gasteiger partial charge < -0.3 is 10.1 Å². The van der Waals surface area contributed by atoms with Gasteiger partial charge >= 0.3 is 6.61 Å². The molecule has 0 saturated carbocycles. The number of rotatable bonds is 7. The number of hydrogen-bond acceptors (Lipinski definition) is 4. The standard InChI is InChI=1S/C17H14F2N2O4/c18-17(19)25-15-7-2-1-5-13(15)11-20-16(22)9-8-12-4-3-6-14(10-12)21(23)24/h1-10,17H,11H2,(H,20,22)/b9-8+. The Morgan fingerprint density at radius 2 is 2.00 bits per heavy atom. The number of para-hydroxylation sites is 1. The van der Waals surface area contributed by atoms with E-state index in [1.54, 1.807) is 24.3 Å². The molecule has 2 aromatic rings. The van der Waals surface area contributed by atoms with Crippen LogP contribution < -0.4 is 10.1 Å². The SMILES string of the molecule is O=C(/C=C/c1cccc([N+](=O)[O-])c1)NCc1ccccc1OC(F)F. The lowest BCUT2D eigenvalue weighted by Gasteiger charge is -2.10. The highest BCUT2D eigenvalue weighted by atomic mass is 19.3. The van der Waals surface area contributed by atoms with Crippen molar-refractivity contribution in [3.05, 3.63) is 75.8 Å². The number of alkyl halides is 2.